The molecule has 42 heavy (non-hydrogen) atoms. The van der Waals surface area contributed by atoms with Gasteiger partial charge in [0.1, 0.15) is 0 Å². The van der Waals surface area contributed by atoms with Crippen LogP contribution in [0.15, 0.2) is 0 Å². The Morgan fingerprint density at radius 1 is 0.762 bits per heavy atom. The SMILES string of the molecule is COC(=O)[C@H]1O[C@@H](O[C@@H]2O[C@@H]3O[C@@]4(C)CC[C@H]5[C@H](C)CC[C@@H]([C@H]2C)[C@@]35OO4)[C@H](OC(C)=O)[C@@H](OC(C)=O)[C@@H]1OC(C)=O. The number of rotatable bonds is 6. The summed E-state index contributed by atoms with van der Waals surface area (Å²) in [7, 11) is 1.12. The highest BCUT2D eigenvalue weighted by molar-refractivity contribution is 5.77. The Morgan fingerprint density at radius 2 is 1.40 bits per heavy atom. The van der Waals surface area contributed by atoms with Crippen LogP contribution in [-0.4, -0.2) is 85.7 Å². The van der Waals surface area contributed by atoms with Gasteiger partial charge in [-0.15, -0.1) is 0 Å². The average Bonchev–Trinajstić information content (AvgIpc) is 3.14. The summed E-state index contributed by atoms with van der Waals surface area (Å²) < 4.78 is 46.3. The number of carbonyl (C=O) groups is 4. The molecule has 6 fully saturated rings. The molecule has 0 aromatic carbocycles. The Kier molecular flexibility index (Phi) is 8.60. The van der Waals surface area contributed by atoms with Crippen molar-refractivity contribution < 1.29 is 66.8 Å². The molecule has 5 aliphatic heterocycles. The summed E-state index contributed by atoms with van der Waals surface area (Å²) in [6.45, 7) is 9.33. The molecule has 0 radical (unpaired) electrons. The molecule has 236 valence electrons. The number of methoxy groups -OCH3 is 1. The van der Waals surface area contributed by atoms with Crippen LogP contribution >= 0.6 is 0 Å². The van der Waals surface area contributed by atoms with E-state index >= 15 is 0 Å². The normalized spacial score (nSPS) is 46.0. The summed E-state index contributed by atoms with van der Waals surface area (Å²) >= 11 is 0. The number of ether oxygens (including phenoxy) is 8. The standard InChI is InChI=1S/C28H40O14/c1-12-8-9-18-13(2)24(39-26-28(18)17(12)10-11-27(6,40-26)41-42-28)38-25-22(36-16(5)31)20(35-15(4)30)19(34-14(3)29)21(37-25)23(32)33-7/h12-13,17-22,24-26H,8-11H2,1-7H3/t12-,13-,17+,18+,19+,20+,21+,22-,24-,25+,26-,27-,28-/m1/s1. The van der Waals surface area contributed by atoms with Crippen molar-refractivity contribution in [1.29, 1.82) is 0 Å². The van der Waals surface area contributed by atoms with Crippen molar-refractivity contribution in [3.05, 3.63) is 0 Å². The lowest BCUT2D eigenvalue weighted by Gasteiger charge is -2.60. The van der Waals surface area contributed by atoms with Crippen molar-refractivity contribution in [2.24, 2.45) is 23.7 Å². The van der Waals surface area contributed by atoms with Gasteiger partial charge in [-0.25, -0.2) is 14.6 Å². The van der Waals surface area contributed by atoms with E-state index in [9.17, 15) is 19.2 Å². The van der Waals surface area contributed by atoms with Gasteiger partial charge in [0, 0.05) is 39.0 Å². The third-order valence-corrected chi connectivity index (χ3v) is 9.20. The van der Waals surface area contributed by atoms with E-state index in [0.29, 0.717) is 12.3 Å². The molecule has 0 amide bonds. The largest absolute Gasteiger partial charge is 0.467 e. The fourth-order valence-electron chi connectivity index (χ4n) is 7.35. The molecule has 0 unspecified atom stereocenters. The summed E-state index contributed by atoms with van der Waals surface area (Å²) in [5, 5.41) is 0. The van der Waals surface area contributed by atoms with Crippen LogP contribution in [0.4, 0.5) is 0 Å². The molecule has 1 saturated carbocycles. The molecular formula is C28H40O14. The highest BCUT2D eigenvalue weighted by atomic mass is 17.3. The number of hydrogen-bond acceptors (Lipinski definition) is 14. The van der Waals surface area contributed by atoms with Gasteiger partial charge in [0.2, 0.25) is 12.1 Å². The molecule has 2 bridgehead atoms. The first-order chi connectivity index (χ1) is 19.8. The van der Waals surface area contributed by atoms with E-state index in [1.54, 1.807) is 6.92 Å². The highest BCUT2D eigenvalue weighted by Crippen LogP contribution is 2.60. The molecule has 14 heteroatoms. The molecule has 13 atom stereocenters. The lowest BCUT2D eigenvalue weighted by molar-refractivity contribution is -0.579. The minimum Gasteiger partial charge on any atom is -0.467 e. The van der Waals surface area contributed by atoms with Crippen LogP contribution in [0.1, 0.15) is 67.2 Å². The Hall–Kier alpha value is -2.36. The number of hydrogen-bond donors (Lipinski definition) is 0. The van der Waals surface area contributed by atoms with E-state index in [2.05, 4.69) is 6.92 Å². The van der Waals surface area contributed by atoms with Crippen LogP contribution in [-0.2, 0) is 66.8 Å². The van der Waals surface area contributed by atoms with Gasteiger partial charge in [0.15, 0.2) is 42.6 Å². The minimum absolute atomic E-state index is 0.102. The average molecular weight is 601 g/mol. The topological polar surface area (TPSA) is 161 Å². The second-order valence-electron chi connectivity index (χ2n) is 12.1. The summed E-state index contributed by atoms with van der Waals surface area (Å²) in [6.07, 6.45) is -6.10. The fourth-order valence-corrected chi connectivity index (χ4v) is 7.35. The first kappa shape index (κ1) is 31.1. The second kappa shape index (κ2) is 11.6. The maximum absolute atomic E-state index is 12.8. The van der Waals surface area contributed by atoms with Crippen molar-refractivity contribution in [2.75, 3.05) is 7.11 Å². The first-order valence-electron chi connectivity index (χ1n) is 14.4. The molecule has 0 aromatic rings. The second-order valence-corrected chi connectivity index (χ2v) is 12.1. The zero-order valence-corrected chi connectivity index (χ0v) is 24.9. The predicted molar refractivity (Wildman–Crippen MR) is 135 cm³/mol. The van der Waals surface area contributed by atoms with Crippen LogP contribution in [0, 0.1) is 23.7 Å². The Bertz CT molecular complexity index is 1080. The van der Waals surface area contributed by atoms with Crippen molar-refractivity contribution in [2.45, 2.75) is 122 Å². The highest BCUT2D eigenvalue weighted by Gasteiger charge is 2.70. The molecule has 1 aliphatic carbocycles. The molecule has 0 aromatic heterocycles. The number of carbonyl (C=O) groups excluding carboxylic acids is 4. The lowest BCUT2D eigenvalue weighted by atomic mass is 9.58. The molecule has 6 rings (SSSR count). The van der Waals surface area contributed by atoms with Crippen LogP contribution in [0.3, 0.4) is 0 Å². The molecular weight excluding hydrogens is 560 g/mol. The molecule has 5 saturated heterocycles. The van der Waals surface area contributed by atoms with Gasteiger partial charge in [0.05, 0.1) is 7.11 Å². The third-order valence-electron chi connectivity index (χ3n) is 9.20. The molecule has 0 N–H and O–H groups in total. The number of esters is 4. The summed E-state index contributed by atoms with van der Waals surface area (Å²) in [5.41, 5.74) is -0.856. The van der Waals surface area contributed by atoms with Gasteiger partial charge in [-0.2, -0.15) is 0 Å². The van der Waals surface area contributed by atoms with E-state index in [1.165, 1.54) is 0 Å². The van der Waals surface area contributed by atoms with Gasteiger partial charge >= 0.3 is 23.9 Å². The van der Waals surface area contributed by atoms with Gasteiger partial charge in [-0.1, -0.05) is 13.8 Å². The molecule has 1 spiro atoms. The maximum Gasteiger partial charge on any atom is 0.339 e. The lowest BCUT2D eigenvalue weighted by Crippen LogP contribution is -2.71. The maximum atomic E-state index is 12.8. The first-order valence-corrected chi connectivity index (χ1v) is 14.4. The van der Waals surface area contributed by atoms with E-state index < -0.39 is 78.6 Å². The van der Waals surface area contributed by atoms with Gasteiger partial charge in [-0.05, 0) is 38.0 Å². The molecule has 6 aliphatic rings. The third kappa shape index (κ3) is 5.41. The van der Waals surface area contributed by atoms with E-state index in [4.69, 9.17) is 47.7 Å². The smallest absolute Gasteiger partial charge is 0.339 e. The summed E-state index contributed by atoms with van der Waals surface area (Å²) in [4.78, 5) is 61.2. The zero-order chi connectivity index (χ0) is 30.6. The van der Waals surface area contributed by atoms with Gasteiger partial charge < -0.3 is 37.9 Å². The van der Waals surface area contributed by atoms with Crippen LogP contribution in [0.25, 0.3) is 0 Å². The quantitative estimate of drug-likeness (QED) is 0.247. The zero-order valence-electron chi connectivity index (χ0n) is 24.9. The summed E-state index contributed by atoms with van der Waals surface area (Å²) in [6, 6.07) is 0. The van der Waals surface area contributed by atoms with E-state index in [-0.39, 0.29) is 17.8 Å². The Labute approximate surface area is 243 Å². The Morgan fingerprint density at radius 3 is 2.05 bits per heavy atom. The monoisotopic (exact) mass is 600 g/mol. The van der Waals surface area contributed by atoms with Gasteiger partial charge in [-0.3, -0.25) is 14.4 Å². The number of fused-ring (bicyclic) bond motifs is 2. The fraction of sp³-hybridized carbons (Fsp3) is 0.857. The van der Waals surface area contributed by atoms with Crippen molar-refractivity contribution in [3.63, 3.8) is 0 Å². The van der Waals surface area contributed by atoms with Crippen molar-refractivity contribution in [1.82, 2.24) is 0 Å². The summed E-state index contributed by atoms with van der Waals surface area (Å²) in [5.74, 6) is -4.19. The van der Waals surface area contributed by atoms with Crippen LogP contribution < -0.4 is 0 Å². The molecule has 14 nitrogen and oxygen atoms in total. The van der Waals surface area contributed by atoms with Gasteiger partial charge in [0.25, 0.3) is 0 Å². The van der Waals surface area contributed by atoms with E-state index in [0.717, 1.165) is 47.1 Å². The van der Waals surface area contributed by atoms with Crippen molar-refractivity contribution in [3.8, 4) is 0 Å². The van der Waals surface area contributed by atoms with Crippen LogP contribution in [0.2, 0.25) is 0 Å². The molecule has 5 heterocycles. The van der Waals surface area contributed by atoms with E-state index in [1.807, 2.05) is 6.92 Å². The predicted octanol–water partition coefficient (Wildman–Crippen LogP) is 1.90. The Balaban J connectivity index is 1.49. The van der Waals surface area contributed by atoms with Crippen LogP contribution in [0.5, 0.6) is 0 Å². The minimum atomic E-state index is -1.58. The van der Waals surface area contributed by atoms with Crippen molar-refractivity contribution >= 4 is 23.9 Å².